The van der Waals surface area contributed by atoms with Gasteiger partial charge in [0.05, 0.1) is 17.4 Å². The molecular formula is C19H22N4O3. The Morgan fingerprint density at radius 3 is 2.85 bits per heavy atom. The van der Waals surface area contributed by atoms with E-state index >= 15 is 0 Å². The third-order valence-corrected chi connectivity index (χ3v) is 5.29. The number of carbonyl (C=O) groups excluding carboxylic acids is 2. The van der Waals surface area contributed by atoms with Crippen LogP contribution in [0.5, 0.6) is 0 Å². The summed E-state index contributed by atoms with van der Waals surface area (Å²) in [5, 5.41) is 0.576. The van der Waals surface area contributed by atoms with E-state index in [9.17, 15) is 14.4 Å². The molecule has 2 saturated heterocycles. The van der Waals surface area contributed by atoms with Crippen LogP contribution < -0.4 is 5.56 Å². The van der Waals surface area contributed by atoms with Crippen LogP contribution in [0.4, 0.5) is 0 Å². The maximum Gasteiger partial charge on any atom is 0.258 e. The Kier molecular flexibility index (Phi) is 4.44. The molecule has 7 nitrogen and oxygen atoms in total. The number of amides is 2. The molecule has 1 aromatic carbocycles. The van der Waals surface area contributed by atoms with Gasteiger partial charge in [0, 0.05) is 32.0 Å². The minimum absolute atomic E-state index is 0.0132. The number of fused-ring (bicyclic) bond motifs is 1. The Labute approximate surface area is 151 Å². The first-order chi connectivity index (χ1) is 12.6. The number of para-hydroxylation sites is 1. The smallest absolute Gasteiger partial charge is 0.258 e. The molecule has 0 bridgehead atoms. The Bertz CT molecular complexity index is 907. The second kappa shape index (κ2) is 6.90. The molecule has 26 heavy (non-hydrogen) atoms. The molecule has 1 aromatic heterocycles. The van der Waals surface area contributed by atoms with Crippen LogP contribution >= 0.6 is 0 Å². The Balaban J connectivity index is 1.50. The van der Waals surface area contributed by atoms with Crippen molar-refractivity contribution in [3.63, 3.8) is 0 Å². The summed E-state index contributed by atoms with van der Waals surface area (Å²) in [5.41, 5.74) is 0.536. The number of aromatic amines is 1. The number of piperidine rings is 1. The van der Waals surface area contributed by atoms with Crippen molar-refractivity contribution in [2.45, 2.75) is 31.6 Å². The van der Waals surface area contributed by atoms with Crippen molar-refractivity contribution in [3.05, 3.63) is 40.4 Å². The first kappa shape index (κ1) is 16.8. The Morgan fingerprint density at radius 2 is 2.04 bits per heavy atom. The molecule has 2 aliphatic heterocycles. The van der Waals surface area contributed by atoms with Gasteiger partial charge in [-0.2, -0.15) is 0 Å². The molecule has 7 heteroatoms. The van der Waals surface area contributed by atoms with E-state index in [2.05, 4.69) is 9.97 Å². The number of nitrogens with one attached hydrogen (secondary N) is 1. The Hall–Kier alpha value is -2.70. The third-order valence-electron chi connectivity index (χ3n) is 5.29. The van der Waals surface area contributed by atoms with Crippen LogP contribution in [0.25, 0.3) is 10.9 Å². The fraction of sp³-hybridized carbons (Fsp3) is 0.474. The van der Waals surface area contributed by atoms with Crippen molar-refractivity contribution < 1.29 is 9.59 Å². The number of carbonyl (C=O) groups is 2. The second-order valence-corrected chi connectivity index (χ2v) is 7.07. The normalized spacial score (nSPS) is 20.8. The molecule has 0 aliphatic carbocycles. The van der Waals surface area contributed by atoms with E-state index in [1.165, 1.54) is 0 Å². The number of hydrogen-bond acceptors (Lipinski definition) is 4. The van der Waals surface area contributed by atoms with E-state index in [0.29, 0.717) is 42.8 Å². The molecular weight excluding hydrogens is 332 g/mol. The molecule has 0 saturated carbocycles. The number of hydrogen-bond donors (Lipinski definition) is 1. The monoisotopic (exact) mass is 354 g/mol. The third kappa shape index (κ3) is 3.21. The predicted molar refractivity (Wildman–Crippen MR) is 96.7 cm³/mol. The van der Waals surface area contributed by atoms with E-state index in [0.717, 1.165) is 19.3 Å². The second-order valence-electron chi connectivity index (χ2n) is 7.07. The zero-order valence-corrected chi connectivity index (χ0v) is 14.6. The fourth-order valence-electron chi connectivity index (χ4n) is 3.86. The highest BCUT2D eigenvalue weighted by atomic mass is 16.2. The lowest BCUT2D eigenvalue weighted by Gasteiger charge is -2.33. The van der Waals surface area contributed by atoms with Crippen molar-refractivity contribution in [3.8, 4) is 0 Å². The number of aromatic nitrogens is 2. The summed E-state index contributed by atoms with van der Waals surface area (Å²) in [5.74, 6) is 0.697. The molecule has 2 aliphatic rings. The fourth-order valence-corrected chi connectivity index (χ4v) is 3.86. The van der Waals surface area contributed by atoms with Gasteiger partial charge >= 0.3 is 0 Å². The number of H-pyrrole nitrogens is 1. The largest absolute Gasteiger partial charge is 0.340 e. The molecule has 136 valence electrons. The first-order valence-electron chi connectivity index (χ1n) is 9.16. The van der Waals surface area contributed by atoms with Gasteiger partial charge in [0.1, 0.15) is 5.82 Å². The van der Waals surface area contributed by atoms with Crippen LogP contribution in [0.3, 0.4) is 0 Å². The van der Waals surface area contributed by atoms with Gasteiger partial charge in [-0.15, -0.1) is 0 Å². The highest BCUT2D eigenvalue weighted by Gasteiger charge is 2.29. The SMILES string of the molecule is O=C1CCCN1CC(=O)N1CCC[C@@H](c2nc3ccccc3c(=O)[nH]2)C1. The van der Waals surface area contributed by atoms with E-state index < -0.39 is 0 Å². The summed E-state index contributed by atoms with van der Waals surface area (Å²) in [6.07, 6.45) is 3.11. The maximum absolute atomic E-state index is 12.6. The molecule has 1 atom stereocenters. The summed E-state index contributed by atoms with van der Waals surface area (Å²) in [6.45, 7) is 2.05. The number of rotatable bonds is 3. The summed E-state index contributed by atoms with van der Waals surface area (Å²) >= 11 is 0. The van der Waals surface area contributed by atoms with Gasteiger partial charge in [-0.1, -0.05) is 12.1 Å². The van der Waals surface area contributed by atoms with Crippen LogP contribution in [0.15, 0.2) is 29.1 Å². The summed E-state index contributed by atoms with van der Waals surface area (Å²) in [4.78, 5) is 47.6. The van der Waals surface area contributed by atoms with Gasteiger partial charge in [0.15, 0.2) is 0 Å². The average molecular weight is 354 g/mol. The number of nitrogens with zero attached hydrogens (tertiary/aromatic N) is 3. The maximum atomic E-state index is 12.6. The van der Waals surface area contributed by atoms with Crippen LogP contribution in [0.2, 0.25) is 0 Å². The quantitative estimate of drug-likeness (QED) is 0.899. The van der Waals surface area contributed by atoms with E-state index in [4.69, 9.17) is 0 Å². The van der Waals surface area contributed by atoms with Gasteiger partial charge in [-0.05, 0) is 31.4 Å². The molecule has 1 N–H and O–H groups in total. The van der Waals surface area contributed by atoms with E-state index in [1.807, 2.05) is 18.2 Å². The molecule has 2 amide bonds. The van der Waals surface area contributed by atoms with Crippen molar-refractivity contribution >= 4 is 22.7 Å². The minimum atomic E-state index is -0.142. The van der Waals surface area contributed by atoms with Gasteiger partial charge < -0.3 is 14.8 Å². The van der Waals surface area contributed by atoms with Gasteiger partial charge in [-0.3, -0.25) is 14.4 Å². The Morgan fingerprint density at radius 1 is 1.19 bits per heavy atom. The molecule has 0 radical (unpaired) electrons. The number of benzene rings is 1. The standard InChI is InChI=1S/C19H22N4O3/c24-16-8-4-10-23(16)12-17(25)22-9-3-5-13(11-22)18-20-15-7-2-1-6-14(15)19(26)21-18/h1-2,6-7,13H,3-5,8-12H2,(H,20,21,26)/t13-/m1/s1. The zero-order chi connectivity index (χ0) is 18.1. The van der Waals surface area contributed by atoms with Crippen LogP contribution in [-0.2, 0) is 9.59 Å². The van der Waals surface area contributed by atoms with Crippen LogP contribution in [0.1, 0.15) is 37.4 Å². The van der Waals surface area contributed by atoms with Crippen LogP contribution in [0, 0.1) is 0 Å². The van der Waals surface area contributed by atoms with Crippen molar-refractivity contribution in [2.75, 3.05) is 26.2 Å². The summed E-state index contributed by atoms with van der Waals surface area (Å²) < 4.78 is 0. The molecule has 0 unspecified atom stereocenters. The first-order valence-corrected chi connectivity index (χ1v) is 9.16. The molecule has 2 aromatic rings. The van der Waals surface area contributed by atoms with Gasteiger partial charge in [-0.25, -0.2) is 4.98 Å². The average Bonchev–Trinajstić information content (AvgIpc) is 3.06. The van der Waals surface area contributed by atoms with Crippen molar-refractivity contribution in [1.82, 2.24) is 19.8 Å². The topological polar surface area (TPSA) is 86.4 Å². The van der Waals surface area contributed by atoms with Gasteiger partial charge in [0.2, 0.25) is 11.8 Å². The predicted octanol–water partition coefficient (Wildman–Crippen LogP) is 1.25. The number of likely N-dealkylation sites (tertiary alicyclic amines) is 2. The zero-order valence-electron chi connectivity index (χ0n) is 14.6. The summed E-state index contributed by atoms with van der Waals surface area (Å²) in [7, 11) is 0. The molecule has 3 heterocycles. The van der Waals surface area contributed by atoms with Crippen molar-refractivity contribution in [2.24, 2.45) is 0 Å². The highest BCUT2D eigenvalue weighted by molar-refractivity contribution is 5.86. The van der Waals surface area contributed by atoms with Crippen LogP contribution in [-0.4, -0.2) is 57.8 Å². The van der Waals surface area contributed by atoms with Gasteiger partial charge in [0.25, 0.3) is 5.56 Å². The molecule has 2 fully saturated rings. The molecule has 4 rings (SSSR count). The lowest BCUT2D eigenvalue weighted by Crippen LogP contribution is -2.45. The highest BCUT2D eigenvalue weighted by Crippen LogP contribution is 2.25. The van der Waals surface area contributed by atoms with E-state index in [-0.39, 0.29) is 29.8 Å². The molecule has 0 spiro atoms. The summed E-state index contributed by atoms with van der Waals surface area (Å²) in [6, 6.07) is 7.27. The lowest BCUT2D eigenvalue weighted by molar-refractivity contribution is -0.139. The van der Waals surface area contributed by atoms with E-state index in [1.54, 1.807) is 15.9 Å². The lowest BCUT2D eigenvalue weighted by atomic mass is 9.97. The minimum Gasteiger partial charge on any atom is -0.340 e. The van der Waals surface area contributed by atoms with Crippen molar-refractivity contribution in [1.29, 1.82) is 0 Å².